The number of H-pyrrole nitrogens is 1. The Labute approximate surface area is 84.5 Å². The largest absolute Gasteiger partial charge is 0.387 e. The molecule has 0 spiro atoms. The lowest BCUT2D eigenvalue weighted by Gasteiger charge is -2.25. The van der Waals surface area contributed by atoms with Crippen molar-refractivity contribution in [2.24, 2.45) is 0 Å². The molecule has 3 heteroatoms. The third-order valence-electron chi connectivity index (χ3n) is 2.90. The Kier molecular flexibility index (Phi) is 3.22. The third kappa shape index (κ3) is 2.36. The summed E-state index contributed by atoms with van der Waals surface area (Å²) < 4.78 is 0. The SMILES string of the molecule is OC(CC1CCCCN1)c1ccc[nH]1. The number of aliphatic hydroxyl groups is 1. The third-order valence-corrected chi connectivity index (χ3v) is 2.90. The first-order chi connectivity index (χ1) is 6.86. The molecule has 2 atom stereocenters. The summed E-state index contributed by atoms with van der Waals surface area (Å²) in [5.74, 6) is 0. The molecule has 78 valence electrons. The van der Waals surface area contributed by atoms with E-state index in [0.717, 1.165) is 18.7 Å². The van der Waals surface area contributed by atoms with E-state index in [1.165, 1.54) is 19.3 Å². The minimum absolute atomic E-state index is 0.347. The van der Waals surface area contributed by atoms with Crippen LogP contribution in [0.25, 0.3) is 0 Å². The predicted octanol–water partition coefficient (Wildman–Crippen LogP) is 1.58. The maximum Gasteiger partial charge on any atom is 0.0952 e. The number of hydrogen-bond donors (Lipinski definition) is 3. The van der Waals surface area contributed by atoms with Gasteiger partial charge >= 0.3 is 0 Å². The predicted molar refractivity (Wildman–Crippen MR) is 56.0 cm³/mol. The first-order valence-corrected chi connectivity index (χ1v) is 5.41. The standard InChI is InChI=1S/C11H18N2O/c14-11(10-5-3-7-13-10)8-9-4-1-2-6-12-9/h3,5,7,9,11-14H,1-2,4,6,8H2. The van der Waals surface area contributed by atoms with Crippen LogP contribution in [0.15, 0.2) is 18.3 Å². The highest BCUT2D eigenvalue weighted by molar-refractivity contribution is 5.07. The summed E-state index contributed by atoms with van der Waals surface area (Å²) in [6.45, 7) is 1.10. The molecule has 1 saturated heterocycles. The van der Waals surface area contributed by atoms with E-state index in [1.807, 2.05) is 18.3 Å². The van der Waals surface area contributed by atoms with Crippen molar-refractivity contribution >= 4 is 0 Å². The Balaban J connectivity index is 1.84. The molecule has 1 fully saturated rings. The fraction of sp³-hybridized carbons (Fsp3) is 0.636. The first kappa shape index (κ1) is 9.74. The van der Waals surface area contributed by atoms with Gasteiger partial charge in [0, 0.05) is 17.9 Å². The van der Waals surface area contributed by atoms with Crippen LogP contribution in [0.1, 0.15) is 37.5 Å². The van der Waals surface area contributed by atoms with Gasteiger partial charge in [-0.05, 0) is 37.9 Å². The number of rotatable bonds is 3. The minimum Gasteiger partial charge on any atom is -0.387 e. The van der Waals surface area contributed by atoms with E-state index in [-0.39, 0.29) is 6.10 Å². The van der Waals surface area contributed by atoms with E-state index < -0.39 is 0 Å². The number of hydrogen-bond acceptors (Lipinski definition) is 2. The van der Waals surface area contributed by atoms with Gasteiger partial charge in [0.05, 0.1) is 6.10 Å². The molecule has 14 heavy (non-hydrogen) atoms. The fourth-order valence-electron chi connectivity index (χ4n) is 2.07. The summed E-state index contributed by atoms with van der Waals surface area (Å²) in [5.41, 5.74) is 0.928. The van der Waals surface area contributed by atoms with Crippen LogP contribution in [0.3, 0.4) is 0 Å². The Morgan fingerprint density at radius 3 is 3.07 bits per heavy atom. The highest BCUT2D eigenvalue weighted by Crippen LogP contribution is 2.20. The zero-order valence-electron chi connectivity index (χ0n) is 8.37. The van der Waals surface area contributed by atoms with Crippen molar-refractivity contribution < 1.29 is 5.11 Å². The van der Waals surface area contributed by atoms with E-state index in [0.29, 0.717) is 6.04 Å². The maximum atomic E-state index is 9.89. The van der Waals surface area contributed by atoms with Crippen LogP contribution in [-0.4, -0.2) is 22.7 Å². The second kappa shape index (κ2) is 4.62. The van der Waals surface area contributed by atoms with Gasteiger partial charge in [-0.15, -0.1) is 0 Å². The molecule has 2 heterocycles. The summed E-state index contributed by atoms with van der Waals surface area (Å²) in [4.78, 5) is 3.05. The number of aromatic amines is 1. The Morgan fingerprint density at radius 1 is 1.50 bits per heavy atom. The van der Waals surface area contributed by atoms with Crippen molar-refractivity contribution in [3.63, 3.8) is 0 Å². The molecule has 1 aromatic rings. The van der Waals surface area contributed by atoms with E-state index in [4.69, 9.17) is 0 Å². The van der Waals surface area contributed by atoms with Crippen LogP contribution in [-0.2, 0) is 0 Å². The van der Waals surface area contributed by atoms with Crippen molar-refractivity contribution in [3.8, 4) is 0 Å². The van der Waals surface area contributed by atoms with Crippen LogP contribution >= 0.6 is 0 Å². The van der Waals surface area contributed by atoms with E-state index in [1.54, 1.807) is 0 Å². The molecule has 0 amide bonds. The lowest BCUT2D eigenvalue weighted by molar-refractivity contribution is 0.141. The number of aromatic nitrogens is 1. The van der Waals surface area contributed by atoms with Crippen LogP contribution in [0, 0.1) is 0 Å². The highest BCUT2D eigenvalue weighted by Gasteiger charge is 2.18. The number of piperidine rings is 1. The molecule has 1 aliphatic heterocycles. The fourth-order valence-corrected chi connectivity index (χ4v) is 2.07. The van der Waals surface area contributed by atoms with Crippen molar-refractivity contribution in [3.05, 3.63) is 24.0 Å². The summed E-state index contributed by atoms with van der Waals surface area (Å²) >= 11 is 0. The molecule has 2 rings (SSSR count). The van der Waals surface area contributed by atoms with Gasteiger partial charge < -0.3 is 15.4 Å². The van der Waals surface area contributed by atoms with Gasteiger partial charge in [0.2, 0.25) is 0 Å². The first-order valence-electron chi connectivity index (χ1n) is 5.41. The van der Waals surface area contributed by atoms with Crippen LogP contribution in [0.4, 0.5) is 0 Å². The molecule has 0 bridgehead atoms. The minimum atomic E-state index is -0.347. The van der Waals surface area contributed by atoms with Crippen molar-refractivity contribution in [1.82, 2.24) is 10.3 Å². The van der Waals surface area contributed by atoms with E-state index >= 15 is 0 Å². The average Bonchev–Trinajstić information content (AvgIpc) is 2.72. The topological polar surface area (TPSA) is 48.0 Å². The summed E-state index contributed by atoms with van der Waals surface area (Å²) in [7, 11) is 0. The summed E-state index contributed by atoms with van der Waals surface area (Å²) in [6, 6.07) is 4.35. The smallest absolute Gasteiger partial charge is 0.0952 e. The second-order valence-corrected chi connectivity index (χ2v) is 4.02. The van der Waals surface area contributed by atoms with Gasteiger partial charge in [-0.1, -0.05) is 6.42 Å². The molecule has 3 nitrogen and oxygen atoms in total. The Bertz CT molecular complexity index is 252. The van der Waals surface area contributed by atoms with E-state index in [9.17, 15) is 5.11 Å². The Morgan fingerprint density at radius 2 is 2.43 bits per heavy atom. The van der Waals surface area contributed by atoms with Gasteiger partial charge in [0.1, 0.15) is 0 Å². The molecule has 0 aromatic carbocycles. The summed E-state index contributed by atoms with van der Waals surface area (Å²) in [5, 5.41) is 13.3. The average molecular weight is 194 g/mol. The van der Waals surface area contributed by atoms with Crippen LogP contribution < -0.4 is 5.32 Å². The molecule has 0 aliphatic carbocycles. The van der Waals surface area contributed by atoms with Gasteiger partial charge in [-0.25, -0.2) is 0 Å². The molecule has 1 aromatic heterocycles. The molecular weight excluding hydrogens is 176 g/mol. The summed E-state index contributed by atoms with van der Waals surface area (Å²) in [6.07, 6.45) is 6.08. The molecule has 1 aliphatic rings. The van der Waals surface area contributed by atoms with Gasteiger partial charge in [-0.3, -0.25) is 0 Å². The monoisotopic (exact) mass is 194 g/mol. The van der Waals surface area contributed by atoms with E-state index in [2.05, 4.69) is 10.3 Å². The lowest BCUT2D eigenvalue weighted by Crippen LogP contribution is -2.35. The number of aliphatic hydroxyl groups excluding tert-OH is 1. The van der Waals surface area contributed by atoms with Crippen molar-refractivity contribution in [2.45, 2.75) is 37.8 Å². The molecule has 0 saturated carbocycles. The van der Waals surface area contributed by atoms with Crippen LogP contribution in [0.5, 0.6) is 0 Å². The Hall–Kier alpha value is -0.800. The van der Waals surface area contributed by atoms with Crippen molar-refractivity contribution in [1.29, 1.82) is 0 Å². The van der Waals surface area contributed by atoms with Crippen LogP contribution in [0.2, 0.25) is 0 Å². The highest BCUT2D eigenvalue weighted by atomic mass is 16.3. The van der Waals surface area contributed by atoms with Gasteiger partial charge in [0.25, 0.3) is 0 Å². The molecule has 3 N–H and O–H groups in total. The normalized spacial score (nSPS) is 24.8. The zero-order valence-corrected chi connectivity index (χ0v) is 8.37. The van der Waals surface area contributed by atoms with Gasteiger partial charge in [0.15, 0.2) is 0 Å². The molecule has 0 radical (unpaired) electrons. The molecular formula is C11H18N2O. The van der Waals surface area contributed by atoms with Crippen molar-refractivity contribution in [2.75, 3.05) is 6.54 Å². The molecule has 2 unspecified atom stereocenters. The zero-order chi connectivity index (χ0) is 9.80. The number of nitrogens with one attached hydrogen (secondary N) is 2. The quantitative estimate of drug-likeness (QED) is 0.684. The van der Waals surface area contributed by atoms with Gasteiger partial charge in [-0.2, -0.15) is 0 Å². The maximum absolute atomic E-state index is 9.89. The lowest BCUT2D eigenvalue weighted by atomic mass is 9.98. The second-order valence-electron chi connectivity index (χ2n) is 4.02.